The van der Waals surface area contributed by atoms with Gasteiger partial charge < -0.3 is 9.64 Å². The molecule has 0 spiro atoms. The number of halogens is 1. The number of hydrogen-bond donors (Lipinski definition) is 0. The van der Waals surface area contributed by atoms with Crippen LogP contribution in [0, 0.1) is 0 Å². The number of fused-ring (bicyclic) bond motifs is 2. The lowest BCUT2D eigenvalue weighted by molar-refractivity contribution is 0.0437. The Balaban J connectivity index is 1.92. The molecule has 0 bridgehead atoms. The maximum Gasteiger partial charge on any atom is 0.0869 e. The third-order valence-corrected chi connectivity index (χ3v) is 4.45. The van der Waals surface area contributed by atoms with E-state index in [0.29, 0.717) is 0 Å². The van der Waals surface area contributed by atoms with Gasteiger partial charge in [0.25, 0.3) is 0 Å². The molecule has 0 amide bonds. The van der Waals surface area contributed by atoms with Crippen molar-refractivity contribution in [1.82, 2.24) is 4.90 Å². The summed E-state index contributed by atoms with van der Waals surface area (Å²) in [5, 5.41) is 0.783. The summed E-state index contributed by atoms with van der Waals surface area (Å²) >= 11 is 6.23. The van der Waals surface area contributed by atoms with Crippen LogP contribution < -0.4 is 0 Å². The lowest BCUT2D eigenvalue weighted by atomic mass is 10.00. The van der Waals surface area contributed by atoms with Crippen molar-refractivity contribution in [3.05, 3.63) is 69.7 Å². The van der Waals surface area contributed by atoms with Crippen LogP contribution in [-0.4, -0.2) is 32.1 Å². The van der Waals surface area contributed by atoms with Gasteiger partial charge in [-0.05, 0) is 54.9 Å². The lowest BCUT2D eigenvalue weighted by Crippen LogP contribution is -2.20. The van der Waals surface area contributed by atoms with Crippen molar-refractivity contribution < 1.29 is 4.74 Å². The minimum absolute atomic E-state index is 0.0808. The van der Waals surface area contributed by atoms with E-state index >= 15 is 0 Å². The van der Waals surface area contributed by atoms with E-state index in [2.05, 4.69) is 55.4 Å². The van der Waals surface area contributed by atoms with E-state index < -0.39 is 0 Å². The molecule has 0 fully saturated rings. The molecule has 1 aliphatic rings. The van der Waals surface area contributed by atoms with E-state index in [0.717, 1.165) is 31.0 Å². The van der Waals surface area contributed by atoms with Crippen LogP contribution in [-0.2, 0) is 17.6 Å². The Kier molecular flexibility index (Phi) is 4.82. The van der Waals surface area contributed by atoms with Gasteiger partial charge in [0, 0.05) is 18.0 Å². The Bertz CT molecular complexity index is 654. The van der Waals surface area contributed by atoms with Crippen molar-refractivity contribution >= 4 is 11.6 Å². The molecule has 0 saturated heterocycles. The van der Waals surface area contributed by atoms with Crippen LogP contribution in [0.1, 0.15) is 28.4 Å². The van der Waals surface area contributed by atoms with Crippen LogP contribution >= 0.6 is 11.6 Å². The van der Waals surface area contributed by atoms with Gasteiger partial charge in [-0.2, -0.15) is 0 Å². The van der Waals surface area contributed by atoms with Crippen LogP contribution in [0.3, 0.4) is 0 Å². The van der Waals surface area contributed by atoms with Gasteiger partial charge in [0.2, 0.25) is 0 Å². The third-order valence-electron chi connectivity index (χ3n) is 4.22. The van der Waals surface area contributed by atoms with Crippen LogP contribution in [0.15, 0.2) is 42.5 Å². The third kappa shape index (κ3) is 3.52. The zero-order valence-electron chi connectivity index (χ0n) is 13.2. The van der Waals surface area contributed by atoms with E-state index in [1.807, 2.05) is 6.07 Å². The largest absolute Gasteiger partial charge is 0.372 e. The van der Waals surface area contributed by atoms with Gasteiger partial charge >= 0.3 is 0 Å². The van der Waals surface area contributed by atoms with Crippen LogP contribution in [0.25, 0.3) is 0 Å². The monoisotopic (exact) mass is 315 g/mol. The average Bonchev–Trinajstić information content (AvgIpc) is 2.64. The topological polar surface area (TPSA) is 12.5 Å². The number of ether oxygens (including phenoxy) is 1. The molecule has 2 aromatic carbocycles. The molecule has 0 aliphatic heterocycles. The van der Waals surface area contributed by atoms with E-state index in [1.165, 1.54) is 22.3 Å². The van der Waals surface area contributed by atoms with Gasteiger partial charge in [-0.1, -0.05) is 41.9 Å². The molecular formula is C19H22ClNO. The van der Waals surface area contributed by atoms with Gasteiger partial charge in [0.05, 0.1) is 12.7 Å². The van der Waals surface area contributed by atoms with Gasteiger partial charge in [0.1, 0.15) is 0 Å². The van der Waals surface area contributed by atoms with Crippen molar-refractivity contribution in [2.75, 3.05) is 27.2 Å². The molecular weight excluding hydrogens is 294 g/mol. The highest BCUT2D eigenvalue weighted by Crippen LogP contribution is 2.34. The standard InChI is InChI=1S/C19H22ClNO/c1-21(2)9-10-22-19-12-15-6-4-3-5-14(15)11-16-7-8-17(20)13-18(16)19/h3-8,13,19H,9-12H2,1-2H3. The van der Waals surface area contributed by atoms with Crippen molar-refractivity contribution in [2.24, 2.45) is 0 Å². The molecule has 22 heavy (non-hydrogen) atoms. The summed E-state index contributed by atoms with van der Waals surface area (Å²) in [6, 6.07) is 14.8. The molecule has 0 radical (unpaired) electrons. The summed E-state index contributed by atoms with van der Waals surface area (Å²) in [6.07, 6.45) is 1.95. The maximum absolute atomic E-state index is 6.23. The quantitative estimate of drug-likeness (QED) is 0.842. The molecule has 2 aromatic rings. The summed E-state index contributed by atoms with van der Waals surface area (Å²) in [6.45, 7) is 1.65. The molecule has 3 heteroatoms. The first-order chi connectivity index (χ1) is 10.6. The molecule has 1 aliphatic carbocycles. The zero-order valence-corrected chi connectivity index (χ0v) is 13.9. The maximum atomic E-state index is 6.23. The lowest BCUT2D eigenvalue weighted by Gasteiger charge is -2.20. The van der Waals surface area contributed by atoms with Gasteiger partial charge in [-0.3, -0.25) is 0 Å². The number of likely N-dealkylation sites (N-methyl/N-ethyl adjacent to an activating group) is 1. The zero-order chi connectivity index (χ0) is 15.5. The first kappa shape index (κ1) is 15.5. The van der Waals surface area contributed by atoms with E-state index in [-0.39, 0.29) is 6.10 Å². The Morgan fingerprint density at radius 2 is 1.86 bits per heavy atom. The smallest absolute Gasteiger partial charge is 0.0869 e. The Morgan fingerprint density at radius 3 is 2.64 bits per heavy atom. The average molecular weight is 316 g/mol. The second-order valence-corrected chi connectivity index (χ2v) is 6.59. The fourth-order valence-corrected chi connectivity index (χ4v) is 3.18. The number of benzene rings is 2. The predicted octanol–water partition coefficient (Wildman–Crippen LogP) is 4.11. The van der Waals surface area contributed by atoms with Crippen molar-refractivity contribution in [1.29, 1.82) is 0 Å². The highest BCUT2D eigenvalue weighted by molar-refractivity contribution is 6.30. The molecule has 1 unspecified atom stereocenters. The van der Waals surface area contributed by atoms with E-state index in [1.54, 1.807) is 0 Å². The van der Waals surface area contributed by atoms with Crippen LogP contribution in [0.2, 0.25) is 5.02 Å². The molecule has 0 heterocycles. The summed E-state index contributed by atoms with van der Waals surface area (Å²) in [4.78, 5) is 2.14. The minimum atomic E-state index is 0.0808. The Hall–Kier alpha value is -1.35. The van der Waals surface area contributed by atoms with E-state index in [4.69, 9.17) is 16.3 Å². The molecule has 2 nitrogen and oxygen atoms in total. The number of rotatable bonds is 4. The molecule has 0 aromatic heterocycles. The van der Waals surface area contributed by atoms with Gasteiger partial charge in [0.15, 0.2) is 0 Å². The van der Waals surface area contributed by atoms with Crippen LogP contribution in [0.4, 0.5) is 0 Å². The Morgan fingerprint density at radius 1 is 1.09 bits per heavy atom. The van der Waals surface area contributed by atoms with Crippen molar-refractivity contribution in [2.45, 2.75) is 18.9 Å². The second kappa shape index (κ2) is 6.82. The fraction of sp³-hybridized carbons (Fsp3) is 0.368. The normalized spacial score (nSPS) is 17.0. The molecule has 0 saturated carbocycles. The fourth-order valence-electron chi connectivity index (χ4n) is 3.00. The molecule has 116 valence electrons. The first-order valence-electron chi connectivity index (χ1n) is 7.75. The second-order valence-electron chi connectivity index (χ2n) is 6.16. The summed E-state index contributed by atoms with van der Waals surface area (Å²) < 4.78 is 6.21. The van der Waals surface area contributed by atoms with Crippen molar-refractivity contribution in [3.63, 3.8) is 0 Å². The highest BCUT2D eigenvalue weighted by Gasteiger charge is 2.22. The van der Waals surface area contributed by atoms with Gasteiger partial charge in [-0.15, -0.1) is 0 Å². The highest BCUT2D eigenvalue weighted by atomic mass is 35.5. The van der Waals surface area contributed by atoms with Crippen molar-refractivity contribution in [3.8, 4) is 0 Å². The number of nitrogens with zero attached hydrogens (tertiary/aromatic N) is 1. The molecule has 1 atom stereocenters. The summed E-state index contributed by atoms with van der Waals surface area (Å²) in [5.41, 5.74) is 5.33. The van der Waals surface area contributed by atoms with Crippen LogP contribution in [0.5, 0.6) is 0 Å². The summed E-state index contributed by atoms with van der Waals surface area (Å²) in [7, 11) is 4.13. The molecule has 0 N–H and O–H groups in total. The Labute approximate surface area is 137 Å². The van der Waals surface area contributed by atoms with Gasteiger partial charge in [-0.25, -0.2) is 0 Å². The molecule has 3 rings (SSSR count). The first-order valence-corrected chi connectivity index (χ1v) is 8.12. The SMILES string of the molecule is CN(C)CCOC1Cc2ccccc2Cc2ccc(Cl)cc21. The number of hydrogen-bond acceptors (Lipinski definition) is 2. The summed E-state index contributed by atoms with van der Waals surface area (Å²) in [5.74, 6) is 0. The van der Waals surface area contributed by atoms with E-state index in [9.17, 15) is 0 Å². The minimum Gasteiger partial charge on any atom is -0.372 e. The predicted molar refractivity (Wildman–Crippen MR) is 91.7 cm³/mol.